The summed E-state index contributed by atoms with van der Waals surface area (Å²) >= 11 is 0. The van der Waals surface area contributed by atoms with E-state index in [4.69, 9.17) is 0 Å². The summed E-state index contributed by atoms with van der Waals surface area (Å²) in [5.74, 6) is 2.19. The predicted octanol–water partition coefficient (Wildman–Crippen LogP) is 3.80. The van der Waals surface area contributed by atoms with Crippen molar-refractivity contribution in [3.63, 3.8) is 0 Å². The molecule has 0 aromatic heterocycles. The van der Waals surface area contributed by atoms with E-state index in [9.17, 15) is 0 Å². The van der Waals surface area contributed by atoms with Crippen molar-refractivity contribution in [2.75, 3.05) is 0 Å². The Labute approximate surface area is 76.4 Å². The second-order valence-electron chi connectivity index (χ2n) is 4.36. The molecule has 0 heterocycles. The molecule has 0 aromatic rings. The molecule has 68 valence electrons. The zero-order valence-corrected chi connectivity index (χ0v) is 8.89. The number of allylic oxidation sites excluding steroid dienone is 4. The maximum Gasteiger partial charge on any atom is 0.00373 e. The molecule has 1 rings (SSSR count). The van der Waals surface area contributed by atoms with Gasteiger partial charge in [-0.05, 0) is 25.7 Å². The van der Waals surface area contributed by atoms with Crippen LogP contribution in [0.15, 0.2) is 23.3 Å². The van der Waals surface area contributed by atoms with Crippen LogP contribution in [0.5, 0.6) is 0 Å². The second-order valence-corrected chi connectivity index (χ2v) is 4.36. The average Bonchev–Trinajstić information content (AvgIpc) is 2.66. The summed E-state index contributed by atoms with van der Waals surface area (Å²) in [5.41, 5.74) is 3.09. The van der Waals surface area contributed by atoms with Gasteiger partial charge in [0, 0.05) is 5.92 Å². The van der Waals surface area contributed by atoms with E-state index in [2.05, 4.69) is 46.8 Å². The van der Waals surface area contributed by atoms with E-state index in [1.54, 1.807) is 5.57 Å². The molecular weight excluding hydrogens is 144 g/mol. The van der Waals surface area contributed by atoms with Crippen LogP contribution in [0.25, 0.3) is 0 Å². The van der Waals surface area contributed by atoms with Gasteiger partial charge in [0.05, 0.1) is 0 Å². The predicted molar refractivity (Wildman–Crippen MR) is 55.0 cm³/mol. The van der Waals surface area contributed by atoms with Crippen LogP contribution in [0, 0.1) is 17.8 Å². The van der Waals surface area contributed by atoms with Crippen LogP contribution in [0.2, 0.25) is 0 Å². The van der Waals surface area contributed by atoms with Crippen LogP contribution >= 0.6 is 0 Å². The van der Waals surface area contributed by atoms with Crippen LogP contribution in [-0.2, 0) is 0 Å². The maximum atomic E-state index is 2.42. The molecule has 0 spiro atoms. The third-order valence-corrected chi connectivity index (χ3v) is 2.86. The van der Waals surface area contributed by atoms with Crippen molar-refractivity contribution in [2.45, 2.75) is 34.6 Å². The van der Waals surface area contributed by atoms with Gasteiger partial charge in [-0.25, -0.2) is 0 Å². The monoisotopic (exact) mass is 164 g/mol. The van der Waals surface area contributed by atoms with Gasteiger partial charge in [0.15, 0.2) is 0 Å². The molecule has 0 saturated heterocycles. The minimum absolute atomic E-state index is 0.700. The van der Waals surface area contributed by atoms with Crippen molar-refractivity contribution < 1.29 is 0 Å². The highest BCUT2D eigenvalue weighted by molar-refractivity contribution is 5.30. The fraction of sp³-hybridized carbons (Fsp3) is 0.667. The fourth-order valence-corrected chi connectivity index (χ4v) is 1.51. The lowest BCUT2D eigenvalue weighted by atomic mass is 9.95. The number of rotatable bonds is 3. The molecule has 0 aliphatic heterocycles. The van der Waals surface area contributed by atoms with E-state index in [0.717, 1.165) is 5.92 Å². The molecule has 0 N–H and O–H groups in total. The minimum atomic E-state index is 0.700. The first-order valence-corrected chi connectivity index (χ1v) is 4.89. The van der Waals surface area contributed by atoms with Gasteiger partial charge in [0.2, 0.25) is 0 Å². The van der Waals surface area contributed by atoms with Crippen molar-refractivity contribution in [3.8, 4) is 0 Å². The molecule has 0 radical (unpaired) electrons. The van der Waals surface area contributed by atoms with Gasteiger partial charge in [-0.3, -0.25) is 0 Å². The van der Waals surface area contributed by atoms with Crippen molar-refractivity contribution in [2.24, 2.45) is 17.8 Å². The molecule has 1 aliphatic carbocycles. The smallest absolute Gasteiger partial charge is 0.00373 e. The number of hydrogen-bond donors (Lipinski definition) is 0. The fourth-order valence-electron chi connectivity index (χ4n) is 1.51. The van der Waals surface area contributed by atoms with Gasteiger partial charge in [-0.15, -0.1) is 0 Å². The molecule has 0 fully saturated rings. The lowest BCUT2D eigenvalue weighted by Gasteiger charge is -2.10. The Morgan fingerprint density at radius 3 is 2.25 bits per heavy atom. The maximum absolute atomic E-state index is 2.42. The van der Waals surface area contributed by atoms with Crippen molar-refractivity contribution in [3.05, 3.63) is 23.3 Å². The molecular formula is C12H20. The third-order valence-electron chi connectivity index (χ3n) is 2.86. The van der Waals surface area contributed by atoms with Gasteiger partial charge < -0.3 is 0 Å². The third kappa shape index (κ3) is 2.23. The Balaban J connectivity index is 2.44. The first-order chi connectivity index (χ1) is 5.52. The Morgan fingerprint density at radius 1 is 1.42 bits per heavy atom. The van der Waals surface area contributed by atoms with Crippen LogP contribution in [0.1, 0.15) is 34.6 Å². The molecule has 1 aliphatic rings. The van der Waals surface area contributed by atoms with Crippen LogP contribution < -0.4 is 0 Å². The molecule has 0 saturated carbocycles. The highest BCUT2D eigenvalue weighted by Gasteiger charge is 2.24. The molecule has 12 heavy (non-hydrogen) atoms. The zero-order valence-electron chi connectivity index (χ0n) is 8.89. The van der Waals surface area contributed by atoms with Crippen molar-refractivity contribution in [1.82, 2.24) is 0 Å². The summed E-state index contributed by atoms with van der Waals surface area (Å²) in [6.45, 7) is 11.3. The van der Waals surface area contributed by atoms with E-state index in [-0.39, 0.29) is 0 Å². The van der Waals surface area contributed by atoms with E-state index in [1.165, 1.54) is 5.57 Å². The molecule has 0 nitrogen and oxygen atoms in total. The molecule has 0 bridgehead atoms. The van der Waals surface area contributed by atoms with Gasteiger partial charge >= 0.3 is 0 Å². The molecule has 2 atom stereocenters. The zero-order chi connectivity index (χ0) is 9.30. The van der Waals surface area contributed by atoms with Crippen molar-refractivity contribution in [1.29, 1.82) is 0 Å². The lowest BCUT2D eigenvalue weighted by molar-refractivity contribution is 0.635. The van der Waals surface area contributed by atoms with Gasteiger partial charge in [-0.1, -0.05) is 44.1 Å². The second kappa shape index (κ2) is 3.47. The first-order valence-electron chi connectivity index (χ1n) is 4.89. The summed E-state index contributed by atoms with van der Waals surface area (Å²) in [6, 6.07) is 0. The van der Waals surface area contributed by atoms with E-state index in [1.807, 2.05) is 0 Å². The van der Waals surface area contributed by atoms with Crippen LogP contribution in [-0.4, -0.2) is 0 Å². The molecule has 0 amide bonds. The largest absolute Gasteiger partial charge is 0.0816 e. The van der Waals surface area contributed by atoms with Gasteiger partial charge in [-0.2, -0.15) is 0 Å². The Morgan fingerprint density at radius 2 is 1.92 bits per heavy atom. The Bertz CT molecular complexity index is 218. The lowest BCUT2D eigenvalue weighted by Crippen LogP contribution is -1.99. The van der Waals surface area contributed by atoms with E-state index < -0.39 is 0 Å². The summed E-state index contributed by atoms with van der Waals surface area (Å²) in [7, 11) is 0. The first kappa shape index (κ1) is 9.57. The molecule has 0 aromatic carbocycles. The van der Waals surface area contributed by atoms with Gasteiger partial charge in [0.25, 0.3) is 0 Å². The minimum Gasteiger partial charge on any atom is -0.0816 e. The summed E-state index contributed by atoms with van der Waals surface area (Å²) in [6.07, 6.45) is 4.77. The highest BCUT2D eigenvalue weighted by Crippen LogP contribution is 2.36. The molecule has 0 heteroatoms. The highest BCUT2D eigenvalue weighted by atomic mass is 14.3. The quantitative estimate of drug-likeness (QED) is 0.556. The van der Waals surface area contributed by atoms with Crippen LogP contribution in [0.3, 0.4) is 0 Å². The Kier molecular flexibility index (Phi) is 2.76. The van der Waals surface area contributed by atoms with Crippen LogP contribution in [0.4, 0.5) is 0 Å². The normalized spacial score (nSPS) is 25.7. The topological polar surface area (TPSA) is 0 Å². The summed E-state index contributed by atoms with van der Waals surface area (Å²) in [4.78, 5) is 0. The number of hydrogen-bond acceptors (Lipinski definition) is 0. The SMILES string of the molecule is CC(=CC(C)C1C=C1C)C(C)C. The van der Waals surface area contributed by atoms with E-state index in [0.29, 0.717) is 11.8 Å². The van der Waals surface area contributed by atoms with Crippen molar-refractivity contribution >= 4 is 0 Å². The van der Waals surface area contributed by atoms with Gasteiger partial charge in [0.1, 0.15) is 0 Å². The summed E-state index contributed by atoms with van der Waals surface area (Å²) < 4.78 is 0. The average molecular weight is 164 g/mol. The Hall–Kier alpha value is -0.520. The standard InChI is InChI=1S/C12H20/c1-8(2)9(3)6-10(4)12-7-11(12)5/h6-8,10,12H,1-5H3. The molecule has 2 unspecified atom stereocenters. The summed E-state index contributed by atoms with van der Waals surface area (Å²) in [5, 5.41) is 0. The van der Waals surface area contributed by atoms with E-state index >= 15 is 0 Å².